The average Bonchev–Trinajstić information content (AvgIpc) is 2.70. The molecule has 0 aromatic carbocycles. The lowest BCUT2D eigenvalue weighted by Crippen LogP contribution is -2.53. The first-order valence-electron chi connectivity index (χ1n) is 4.84. The first-order valence-corrected chi connectivity index (χ1v) is 7.35. The van der Waals surface area contributed by atoms with E-state index >= 15 is 0 Å². The molecule has 1 rings (SSSR count). The third kappa shape index (κ3) is 3.46. The van der Waals surface area contributed by atoms with E-state index in [1.807, 2.05) is 0 Å². The summed E-state index contributed by atoms with van der Waals surface area (Å²) in [6.07, 6.45) is 1.83. The van der Waals surface area contributed by atoms with Crippen molar-refractivity contribution in [2.45, 2.75) is 25.3 Å². The molecule has 4 nitrogen and oxygen atoms in total. The zero-order valence-corrected chi connectivity index (χ0v) is 11.0. The predicted octanol–water partition coefficient (Wildman–Crippen LogP) is 1.15. The van der Waals surface area contributed by atoms with Gasteiger partial charge in [0.15, 0.2) is 0 Å². The van der Waals surface area contributed by atoms with E-state index in [-0.39, 0.29) is 11.8 Å². The topological polar surface area (TPSA) is 49.4 Å². The van der Waals surface area contributed by atoms with Crippen LogP contribution in [-0.4, -0.2) is 43.1 Å². The molecule has 0 amide bonds. The summed E-state index contributed by atoms with van der Waals surface area (Å²) in [5.74, 6) is 0.313. The number of hydrogen-bond donors (Lipinski definition) is 1. The van der Waals surface area contributed by atoms with E-state index in [2.05, 4.69) is 4.72 Å². The molecular weight excluding hydrogens is 259 g/mol. The minimum absolute atomic E-state index is 0.156. The van der Waals surface area contributed by atoms with Gasteiger partial charge in [0, 0.05) is 24.8 Å². The van der Waals surface area contributed by atoms with Crippen molar-refractivity contribution >= 4 is 33.4 Å². The number of rotatable bonds is 5. The summed E-state index contributed by atoms with van der Waals surface area (Å²) in [7, 11) is -3.43. The van der Waals surface area contributed by atoms with Crippen LogP contribution in [0.25, 0.3) is 0 Å². The van der Waals surface area contributed by atoms with Gasteiger partial charge in [-0.25, -0.2) is 0 Å². The van der Waals surface area contributed by atoms with Crippen LogP contribution < -0.4 is 4.72 Å². The summed E-state index contributed by atoms with van der Waals surface area (Å²) >= 11 is 11.4. The molecule has 1 saturated heterocycles. The zero-order valence-electron chi connectivity index (χ0n) is 8.67. The Balaban J connectivity index is 2.70. The van der Waals surface area contributed by atoms with Crippen molar-refractivity contribution in [2.75, 3.05) is 24.8 Å². The van der Waals surface area contributed by atoms with Crippen molar-refractivity contribution in [2.24, 2.45) is 0 Å². The Morgan fingerprint density at radius 2 is 1.73 bits per heavy atom. The second-order valence-corrected chi connectivity index (χ2v) is 6.25. The van der Waals surface area contributed by atoms with E-state index in [0.29, 0.717) is 13.1 Å². The standard InChI is InChI=1S/C8H16Cl2N2O2S/c1-8(6-9,7-10)11-15(13,14)12-4-2-3-5-12/h11H,2-7H2,1H3. The maximum absolute atomic E-state index is 11.9. The highest BCUT2D eigenvalue weighted by Crippen LogP contribution is 2.16. The molecule has 0 aromatic heterocycles. The van der Waals surface area contributed by atoms with Crippen molar-refractivity contribution < 1.29 is 8.42 Å². The van der Waals surface area contributed by atoms with E-state index in [1.165, 1.54) is 4.31 Å². The first kappa shape index (κ1) is 13.5. The van der Waals surface area contributed by atoms with Gasteiger partial charge in [-0.05, 0) is 19.8 Å². The fourth-order valence-corrected chi connectivity index (χ4v) is 3.61. The summed E-state index contributed by atoms with van der Waals surface area (Å²) in [4.78, 5) is 0. The molecule has 0 spiro atoms. The van der Waals surface area contributed by atoms with Crippen molar-refractivity contribution in [3.05, 3.63) is 0 Å². The Morgan fingerprint density at radius 3 is 2.13 bits per heavy atom. The highest BCUT2D eigenvalue weighted by Gasteiger charge is 2.33. The number of alkyl halides is 2. The molecule has 0 bridgehead atoms. The minimum atomic E-state index is -3.43. The van der Waals surface area contributed by atoms with Crippen LogP contribution in [0, 0.1) is 0 Å². The Kier molecular flexibility index (Phi) is 4.67. The molecule has 0 atom stereocenters. The second-order valence-electron chi connectivity index (χ2n) is 4.04. The largest absolute Gasteiger partial charge is 0.280 e. The SMILES string of the molecule is CC(CCl)(CCl)NS(=O)(=O)N1CCCC1. The highest BCUT2D eigenvalue weighted by atomic mass is 35.5. The summed E-state index contributed by atoms with van der Waals surface area (Å²) in [5, 5.41) is 0. The third-order valence-corrected chi connectivity index (χ3v) is 5.35. The summed E-state index contributed by atoms with van der Waals surface area (Å²) < 4.78 is 27.7. The molecule has 0 aromatic rings. The Bertz CT molecular complexity index is 298. The van der Waals surface area contributed by atoms with Gasteiger partial charge >= 0.3 is 0 Å². The van der Waals surface area contributed by atoms with Gasteiger partial charge in [-0.2, -0.15) is 17.4 Å². The molecule has 1 heterocycles. The number of nitrogens with zero attached hydrogens (tertiary/aromatic N) is 1. The van der Waals surface area contributed by atoms with Gasteiger partial charge in [0.2, 0.25) is 0 Å². The molecule has 0 saturated carbocycles. The molecule has 0 aliphatic carbocycles. The molecule has 1 aliphatic rings. The van der Waals surface area contributed by atoms with Gasteiger partial charge in [0.25, 0.3) is 10.2 Å². The number of hydrogen-bond acceptors (Lipinski definition) is 2. The van der Waals surface area contributed by atoms with Crippen molar-refractivity contribution in [3.63, 3.8) is 0 Å². The third-order valence-electron chi connectivity index (χ3n) is 2.37. The molecule has 1 fully saturated rings. The normalized spacial score (nSPS) is 19.7. The van der Waals surface area contributed by atoms with E-state index in [1.54, 1.807) is 6.92 Å². The molecule has 1 N–H and O–H groups in total. The van der Waals surface area contributed by atoms with Crippen molar-refractivity contribution in [3.8, 4) is 0 Å². The lowest BCUT2D eigenvalue weighted by Gasteiger charge is -2.28. The first-order chi connectivity index (χ1) is 6.93. The molecule has 0 radical (unpaired) electrons. The lowest BCUT2D eigenvalue weighted by atomic mass is 10.1. The van der Waals surface area contributed by atoms with Gasteiger partial charge < -0.3 is 0 Å². The van der Waals surface area contributed by atoms with Crippen LogP contribution in [0.4, 0.5) is 0 Å². The Hall–Kier alpha value is 0.450. The molecule has 90 valence electrons. The van der Waals surface area contributed by atoms with Crippen molar-refractivity contribution in [1.29, 1.82) is 0 Å². The van der Waals surface area contributed by atoms with Crippen LogP contribution in [0.5, 0.6) is 0 Å². The summed E-state index contributed by atoms with van der Waals surface area (Å²) in [6.45, 7) is 2.85. The number of halogens is 2. The van der Waals surface area contributed by atoms with Gasteiger partial charge in [-0.1, -0.05) is 0 Å². The zero-order chi connectivity index (χ0) is 11.5. The molecule has 15 heavy (non-hydrogen) atoms. The highest BCUT2D eigenvalue weighted by molar-refractivity contribution is 7.87. The monoisotopic (exact) mass is 274 g/mol. The quantitative estimate of drug-likeness (QED) is 0.765. The fourth-order valence-electron chi connectivity index (χ4n) is 1.39. The van der Waals surface area contributed by atoms with E-state index in [0.717, 1.165) is 12.8 Å². The smallest absolute Gasteiger partial charge is 0.195 e. The second kappa shape index (κ2) is 5.19. The van der Waals surface area contributed by atoms with E-state index in [4.69, 9.17) is 23.2 Å². The van der Waals surface area contributed by atoms with Crippen LogP contribution in [0.1, 0.15) is 19.8 Å². The van der Waals surface area contributed by atoms with E-state index in [9.17, 15) is 8.42 Å². The van der Waals surface area contributed by atoms with Crippen LogP contribution >= 0.6 is 23.2 Å². The van der Waals surface area contributed by atoms with Crippen LogP contribution in [0.15, 0.2) is 0 Å². The molecular formula is C8H16Cl2N2O2S. The van der Waals surface area contributed by atoms with Crippen LogP contribution in [-0.2, 0) is 10.2 Å². The summed E-state index contributed by atoms with van der Waals surface area (Å²) in [6, 6.07) is 0. The average molecular weight is 275 g/mol. The Morgan fingerprint density at radius 1 is 1.27 bits per heavy atom. The summed E-state index contributed by atoms with van der Waals surface area (Å²) in [5.41, 5.74) is -0.773. The van der Waals surface area contributed by atoms with Crippen LogP contribution in [0.2, 0.25) is 0 Å². The fraction of sp³-hybridized carbons (Fsp3) is 1.00. The van der Waals surface area contributed by atoms with Gasteiger partial charge in [0.1, 0.15) is 0 Å². The van der Waals surface area contributed by atoms with E-state index < -0.39 is 15.7 Å². The minimum Gasteiger partial charge on any atom is -0.195 e. The number of nitrogens with one attached hydrogen (secondary N) is 1. The van der Waals surface area contributed by atoms with Gasteiger partial charge in [-0.15, -0.1) is 23.2 Å². The lowest BCUT2D eigenvalue weighted by molar-refractivity contribution is 0.431. The van der Waals surface area contributed by atoms with Crippen molar-refractivity contribution in [1.82, 2.24) is 9.03 Å². The van der Waals surface area contributed by atoms with Gasteiger partial charge in [-0.3, -0.25) is 0 Å². The molecule has 1 aliphatic heterocycles. The van der Waals surface area contributed by atoms with Gasteiger partial charge in [0.05, 0.1) is 5.54 Å². The maximum atomic E-state index is 11.9. The predicted molar refractivity (Wildman–Crippen MR) is 62.7 cm³/mol. The van der Waals surface area contributed by atoms with Crippen LogP contribution in [0.3, 0.4) is 0 Å². The Labute approximate surface area is 101 Å². The molecule has 0 unspecified atom stereocenters. The maximum Gasteiger partial charge on any atom is 0.280 e. The molecule has 7 heteroatoms.